The minimum Gasteiger partial charge on any atom is -0.314 e. The number of hydrogen-bond donors (Lipinski definition) is 1. The number of rotatable bonds is 5. The molecule has 0 bridgehead atoms. The van der Waals surface area contributed by atoms with E-state index in [1.54, 1.807) is 0 Å². The molecule has 0 aromatic rings. The van der Waals surface area contributed by atoms with Crippen molar-refractivity contribution in [1.29, 1.82) is 0 Å². The Morgan fingerprint density at radius 1 is 1.29 bits per heavy atom. The van der Waals surface area contributed by atoms with Crippen molar-refractivity contribution in [2.75, 3.05) is 53.1 Å². The van der Waals surface area contributed by atoms with Crippen LogP contribution in [-0.2, 0) is 0 Å². The lowest BCUT2D eigenvalue weighted by atomic mass is 9.84. The molecule has 2 rings (SSSR count). The summed E-state index contributed by atoms with van der Waals surface area (Å²) in [6.45, 7) is 5.96. The van der Waals surface area contributed by atoms with Gasteiger partial charge in [-0.2, -0.15) is 11.8 Å². The summed E-state index contributed by atoms with van der Waals surface area (Å²) in [6.07, 6.45) is 6.50. The molecule has 4 heteroatoms. The Morgan fingerprint density at radius 2 is 2.06 bits per heavy atom. The van der Waals surface area contributed by atoms with Crippen LogP contribution in [0.3, 0.4) is 0 Å². The van der Waals surface area contributed by atoms with Crippen molar-refractivity contribution in [1.82, 2.24) is 15.1 Å². The zero-order chi connectivity index (χ0) is 12.3. The van der Waals surface area contributed by atoms with E-state index in [1.165, 1.54) is 45.4 Å². The summed E-state index contributed by atoms with van der Waals surface area (Å²) in [5, 5.41) is 3.71. The van der Waals surface area contributed by atoms with E-state index in [2.05, 4.69) is 47.2 Å². The smallest absolute Gasteiger partial charge is 0.0345 e. The van der Waals surface area contributed by atoms with Crippen LogP contribution in [0.4, 0.5) is 0 Å². The monoisotopic (exact) mass is 257 g/mol. The Hall–Kier alpha value is 0.230. The molecule has 1 aliphatic carbocycles. The second kappa shape index (κ2) is 5.91. The minimum absolute atomic E-state index is 0.569. The zero-order valence-electron chi connectivity index (χ0n) is 11.5. The number of hydrogen-bond acceptors (Lipinski definition) is 4. The van der Waals surface area contributed by atoms with Crippen molar-refractivity contribution in [3.05, 3.63) is 0 Å². The van der Waals surface area contributed by atoms with Gasteiger partial charge in [-0.05, 0) is 33.2 Å². The molecule has 0 radical (unpaired) electrons. The standard InChI is InChI=1S/C13H27N3S/c1-15-7-8-16(2)12(10-15)9-14-11-13(17-3)5-4-6-13/h12,14H,4-11H2,1-3H3. The number of nitrogens with zero attached hydrogens (tertiary/aromatic N) is 2. The Labute approximate surface area is 110 Å². The Morgan fingerprint density at radius 3 is 2.65 bits per heavy atom. The van der Waals surface area contributed by atoms with Gasteiger partial charge in [0, 0.05) is 43.5 Å². The van der Waals surface area contributed by atoms with Crippen molar-refractivity contribution in [2.24, 2.45) is 0 Å². The quantitative estimate of drug-likeness (QED) is 0.795. The molecule has 100 valence electrons. The van der Waals surface area contributed by atoms with E-state index < -0.39 is 0 Å². The summed E-state index contributed by atoms with van der Waals surface area (Å²) in [5.74, 6) is 0. The van der Waals surface area contributed by atoms with Gasteiger partial charge in [0.05, 0.1) is 0 Å². The van der Waals surface area contributed by atoms with E-state index in [9.17, 15) is 0 Å². The molecule has 3 nitrogen and oxygen atoms in total. The van der Waals surface area contributed by atoms with Crippen LogP contribution in [0.2, 0.25) is 0 Å². The molecule has 1 saturated heterocycles. The van der Waals surface area contributed by atoms with Gasteiger partial charge in [0.2, 0.25) is 0 Å². The second-order valence-electron chi connectivity index (χ2n) is 5.77. The molecular formula is C13H27N3S. The molecule has 2 aliphatic rings. The minimum atomic E-state index is 0.569. The predicted octanol–water partition coefficient (Wildman–Crippen LogP) is 1.11. The van der Waals surface area contributed by atoms with E-state index in [4.69, 9.17) is 0 Å². The first-order chi connectivity index (χ1) is 8.15. The van der Waals surface area contributed by atoms with E-state index in [-0.39, 0.29) is 0 Å². The SMILES string of the molecule is CSC1(CNCC2CN(C)CCN2C)CCC1. The average molecular weight is 257 g/mol. The van der Waals surface area contributed by atoms with Gasteiger partial charge in [0.1, 0.15) is 0 Å². The Kier molecular flexibility index (Phi) is 4.75. The lowest BCUT2D eigenvalue weighted by Crippen LogP contribution is -2.55. The van der Waals surface area contributed by atoms with Crippen molar-refractivity contribution in [3.63, 3.8) is 0 Å². The third-order valence-electron chi connectivity index (χ3n) is 4.51. The summed E-state index contributed by atoms with van der Waals surface area (Å²) >= 11 is 2.06. The fourth-order valence-corrected chi connectivity index (χ4v) is 3.76. The molecule has 0 aromatic carbocycles. The van der Waals surface area contributed by atoms with E-state index in [1.807, 2.05) is 0 Å². The van der Waals surface area contributed by atoms with Crippen molar-refractivity contribution < 1.29 is 0 Å². The maximum Gasteiger partial charge on any atom is 0.0345 e. The second-order valence-corrected chi connectivity index (χ2v) is 7.04. The molecule has 1 heterocycles. The summed E-state index contributed by atoms with van der Waals surface area (Å²) in [6, 6.07) is 0.688. The molecule has 0 amide bonds. The summed E-state index contributed by atoms with van der Waals surface area (Å²) in [4.78, 5) is 4.94. The van der Waals surface area contributed by atoms with Gasteiger partial charge in [-0.1, -0.05) is 6.42 Å². The van der Waals surface area contributed by atoms with Gasteiger partial charge in [0.15, 0.2) is 0 Å². The summed E-state index contributed by atoms with van der Waals surface area (Å²) < 4.78 is 0.569. The molecule has 17 heavy (non-hydrogen) atoms. The fourth-order valence-electron chi connectivity index (χ4n) is 2.81. The van der Waals surface area contributed by atoms with Crippen molar-refractivity contribution >= 4 is 11.8 Å². The molecule has 1 saturated carbocycles. The van der Waals surface area contributed by atoms with Crippen LogP contribution >= 0.6 is 11.8 Å². The summed E-state index contributed by atoms with van der Waals surface area (Å²) in [5.41, 5.74) is 0. The van der Waals surface area contributed by atoms with Crippen molar-refractivity contribution in [2.45, 2.75) is 30.1 Å². The van der Waals surface area contributed by atoms with Crippen LogP contribution in [0.15, 0.2) is 0 Å². The van der Waals surface area contributed by atoms with E-state index >= 15 is 0 Å². The maximum atomic E-state index is 3.71. The van der Waals surface area contributed by atoms with Crippen LogP contribution in [-0.4, -0.2) is 73.7 Å². The summed E-state index contributed by atoms with van der Waals surface area (Å²) in [7, 11) is 4.49. The lowest BCUT2D eigenvalue weighted by molar-refractivity contribution is 0.112. The molecule has 1 N–H and O–H groups in total. The Balaban J connectivity index is 1.70. The predicted molar refractivity (Wildman–Crippen MR) is 76.9 cm³/mol. The molecule has 1 atom stereocenters. The molecule has 1 unspecified atom stereocenters. The van der Waals surface area contributed by atoms with Gasteiger partial charge in [-0.15, -0.1) is 0 Å². The third-order valence-corrected chi connectivity index (χ3v) is 5.92. The van der Waals surface area contributed by atoms with E-state index in [0.717, 1.165) is 6.54 Å². The highest BCUT2D eigenvalue weighted by Gasteiger charge is 2.35. The van der Waals surface area contributed by atoms with Crippen molar-refractivity contribution in [3.8, 4) is 0 Å². The first-order valence-electron chi connectivity index (χ1n) is 6.80. The van der Waals surface area contributed by atoms with Crippen LogP contribution in [0.5, 0.6) is 0 Å². The van der Waals surface area contributed by atoms with E-state index in [0.29, 0.717) is 10.8 Å². The molecule has 2 fully saturated rings. The Bertz CT molecular complexity index is 237. The van der Waals surface area contributed by atoms with Gasteiger partial charge in [-0.3, -0.25) is 4.90 Å². The van der Waals surface area contributed by atoms with Gasteiger partial charge in [-0.25, -0.2) is 0 Å². The molecule has 0 spiro atoms. The van der Waals surface area contributed by atoms with Crippen LogP contribution in [0.25, 0.3) is 0 Å². The third kappa shape index (κ3) is 3.37. The maximum absolute atomic E-state index is 3.71. The van der Waals surface area contributed by atoms with Gasteiger partial charge in [0.25, 0.3) is 0 Å². The topological polar surface area (TPSA) is 18.5 Å². The number of piperazine rings is 1. The highest BCUT2D eigenvalue weighted by atomic mass is 32.2. The molecule has 1 aliphatic heterocycles. The average Bonchev–Trinajstić information content (AvgIpc) is 2.27. The normalized spacial score (nSPS) is 30.2. The van der Waals surface area contributed by atoms with Gasteiger partial charge >= 0.3 is 0 Å². The first kappa shape index (κ1) is 13.7. The first-order valence-corrected chi connectivity index (χ1v) is 8.02. The highest BCUT2D eigenvalue weighted by molar-refractivity contribution is 8.00. The zero-order valence-corrected chi connectivity index (χ0v) is 12.4. The number of nitrogens with one attached hydrogen (secondary N) is 1. The van der Waals surface area contributed by atoms with Gasteiger partial charge < -0.3 is 10.2 Å². The number of thioether (sulfide) groups is 1. The van der Waals surface area contributed by atoms with Crippen LogP contribution in [0, 0.1) is 0 Å². The van der Waals surface area contributed by atoms with Crippen LogP contribution < -0.4 is 5.32 Å². The fraction of sp³-hybridized carbons (Fsp3) is 1.00. The van der Waals surface area contributed by atoms with Crippen LogP contribution in [0.1, 0.15) is 19.3 Å². The molecule has 0 aromatic heterocycles. The molecular weight excluding hydrogens is 230 g/mol. The lowest BCUT2D eigenvalue weighted by Gasteiger charge is -2.42. The largest absolute Gasteiger partial charge is 0.314 e. The highest BCUT2D eigenvalue weighted by Crippen LogP contribution is 2.42. The number of likely N-dealkylation sites (N-methyl/N-ethyl adjacent to an activating group) is 2.